The van der Waals surface area contributed by atoms with Crippen LogP contribution in [0.15, 0.2) is 106 Å². The third-order valence-electron chi connectivity index (χ3n) is 10.8. The molecule has 17 heteroatoms. The molecule has 0 amide bonds. The van der Waals surface area contributed by atoms with Crippen LogP contribution in [0.3, 0.4) is 0 Å². The minimum atomic E-state index is -4.32. The summed E-state index contributed by atoms with van der Waals surface area (Å²) in [7, 11) is -4.32. The van der Waals surface area contributed by atoms with Crippen molar-refractivity contribution in [3.8, 4) is 0 Å². The van der Waals surface area contributed by atoms with Crippen molar-refractivity contribution in [2.45, 2.75) is 81.9 Å². The van der Waals surface area contributed by atoms with Crippen LogP contribution in [-0.4, -0.2) is 47.9 Å². The third kappa shape index (κ3) is 11.3. The van der Waals surface area contributed by atoms with Gasteiger partial charge in [-0.3, -0.25) is 10.1 Å². The van der Waals surface area contributed by atoms with E-state index in [0.29, 0.717) is 12.3 Å². The second-order valence-electron chi connectivity index (χ2n) is 15.1. The SMILES string of the molecule is CC1(C)C(/C=C/C2=C(Cl)C(=C/C=C3/N(CCCS(=O)(=O)[O-])c4ccccc4C3(C)C)/CCC2)=[N+](CCCCSOO[O-])c2ccc3cc(SOO[O-])ccc3c21.[Na+].[Na+]. The minimum absolute atomic E-state index is 0. The molecule has 0 atom stereocenters. The molecule has 0 bridgehead atoms. The van der Waals surface area contributed by atoms with E-state index >= 15 is 0 Å². The van der Waals surface area contributed by atoms with Crippen LogP contribution >= 0.6 is 35.7 Å². The molecule has 0 aromatic heterocycles. The predicted octanol–water partition coefficient (Wildman–Crippen LogP) is 1.88. The molecule has 3 aromatic rings. The Labute approximate surface area is 399 Å². The first kappa shape index (κ1) is 49.7. The van der Waals surface area contributed by atoms with Crippen LogP contribution in [0.5, 0.6) is 0 Å². The summed E-state index contributed by atoms with van der Waals surface area (Å²) in [5.41, 5.74) is 7.96. The van der Waals surface area contributed by atoms with Crippen molar-refractivity contribution in [3.63, 3.8) is 0 Å². The number of hydrogen-bond acceptors (Lipinski definition) is 12. The van der Waals surface area contributed by atoms with Gasteiger partial charge in [0.25, 0.3) is 0 Å². The van der Waals surface area contributed by atoms with E-state index in [2.05, 4.69) is 104 Å². The van der Waals surface area contributed by atoms with E-state index in [1.165, 1.54) is 5.56 Å². The molecule has 0 unspecified atom stereocenters. The summed E-state index contributed by atoms with van der Waals surface area (Å²) >= 11 is 9.08. The van der Waals surface area contributed by atoms with E-state index in [1.54, 1.807) is 0 Å². The van der Waals surface area contributed by atoms with E-state index < -0.39 is 15.9 Å². The standard InChI is InChI=1S/C41H47ClN2O9S3.2Na/c1-40(2)33-13-5-6-14-34(33)43(24-10-26-56(47,48)49)36(40)21-16-28-11-9-12-29(39(28)42)17-22-37-41(3,4)38-32-19-18-31(55-53-51-46)27-30(32)15-20-35(38)44(37)23-7-8-25-54-52-50-45;;/h5-6,13-22,27H,7-12,23-26H2,1-4H3,(H2-,45,46,47,48,49);;/q;2*+1/p-2. The summed E-state index contributed by atoms with van der Waals surface area (Å²) in [6, 6.07) is 18.3. The molecule has 6 rings (SSSR count). The zero-order valence-corrected chi connectivity index (χ0v) is 41.0. The van der Waals surface area contributed by atoms with Gasteiger partial charge in [0, 0.05) is 80.9 Å². The Bertz CT molecular complexity index is 2230. The molecule has 0 saturated carbocycles. The Morgan fingerprint density at radius 2 is 1.67 bits per heavy atom. The van der Waals surface area contributed by atoms with Crippen LogP contribution in [0.2, 0.25) is 0 Å². The number of benzene rings is 3. The van der Waals surface area contributed by atoms with Crippen LogP contribution in [0, 0.1) is 0 Å². The van der Waals surface area contributed by atoms with E-state index in [1.807, 2.05) is 30.3 Å². The van der Waals surface area contributed by atoms with Crippen LogP contribution in [0.1, 0.15) is 77.3 Å². The summed E-state index contributed by atoms with van der Waals surface area (Å²) in [5.74, 6) is 0.196. The Morgan fingerprint density at radius 1 is 0.914 bits per heavy atom. The molecular weight excluding hydrogens is 842 g/mol. The van der Waals surface area contributed by atoms with Gasteiger partial charge in [-0.05, 0) is 104 Å². The molecule has 3 aromatic carbocycles. The molecule has 58 heavy (non-hydrogen) atoms. The average Bonchev–Trinajstić information content (AvgIpc) is 3.51. The van der Waals surface area contributed by atoms with Crippen LogP contribution in [0.25, 0.3) is 10.8 Å². The van der Waals surface area contributed by atoms with Gasteiger partial charge in [0.15, 0.2) is 5.71 Å². The van der Waals surface area contributed by atoms with E-state index in [4.69, 9.17) is 11.6 Å². The molecule has 1 aliphatic carbocycles. The van der Waals surface area contributed by atoms with Gasteiger partial charge in [0.2, 0.25) is 5.69 Å². The molecule has 0 fully saturated rings. The predicted molar refractivity (Wildman–Crippen MR) is 217 cm³/mol. The monoisotopic (exact) mass is 886 g/mol. The number of anilines is 1. The number of allylic oxidation sites excluding steroid dienone is 8. The van der Waals surface area contributed by atoms with Crippen LogP contribution < -0.4 is 74.5 Å². The number of halogens is 1. The fourth-order valence-electron chi connectivity index (χ4n) is 8.25. The summed E-state index contributed by atoms with van der Waals surface area (Å²) in [6.45, 7) is 9.92. The Hall–Kier alpha value is -0.990. The molecule has 0 radical (unpaired) electrons. The first-order chi connectivity index (χ1) is 26.8. The Balaban J connectivity index is 0.00000372. The molecule has 2 aliphatic heterocycles. The zero-order chi connectivity index (χ0) is 40.1. The van der Waals surface area contributed by atoms with Gasteiger partial charge in [0.05, 0.1) is 27.6 Å². The summed E-state index contributed by atoms with van der Waals surface area (Å²) < 4.78 is 45.7. The van der Waals surface area contributed by atoms with Gasteiger partial charge >= 0.3 is 59.1 Å². The van der Waals surface area contributed by atoms with Crippen molar-refractivity contribution >= 4 is 73.7 Å². The molecule has 0 N–H and O–H groups in total. The van der Waals surface area contributed by atoms with Crippen molar-refractivity contribution in [1.29, 1.82) is 0 Å². The number of nitrogens with zero attached hydrogens (tertiary/aromatic N) is 2. The van der Waals surface area contributed by atoms with Gasteiger partial charge < -0.3 is 20.0 Å². The second kappa shape index (κ2) is 21.9. The quantitative estimate of drug-likeness (QED) is 0.0371. The number of hydrogen-bond donors (Lipinski definition) is 0. The van der Waals surface area contributed by atoms with Crippen molar-refractivity contribution in [2.24, 2.45) is 0 Å². The third-order valence-corrected chi connectivity index (χ3v) is 13.3. The number of fused-ring (bicyclic) bond motifs is 4. The van der Waals surface area contributed by atoms with Crippen molar-refractivity contribution in [2.75, 3.05) is 29.5 Å². The minimum Gasteiger partial charge on any atom is -0.748 e. The maximum Gasteiger partial charge on any atom is 1.00 e. The molecule has 0 saturated heterocycles. The fraction of sp³-hybridized carbons (Fsp3) is 0.390. The maximum absolute atomic E-state index is 11.4. The molecule has 2 heterocycles. The van der Waals surface area contributed by atoms with Crippen LogP contribution in [0.4, 0.5) is 11.4 Å². The largest absolute Gasteiger partial charge is 1.00 e. The first-order valence-electron chi connectivity index (χ1n) is 18.5. The summed E-state index contributed by atoms with van der Waals surface area (Å²) in [6.07, 6.45) is 13.0. The van der Waals surface area contributed by atoms with E-state index in [0.717, 1.165) is 123 Å². The summed E-state index contributed by atoms with van der Waals surface area (Å²) in [4.78, 5) is 2.87. The molecule has 0 spiro atoms. The van der Waals surface area contributed by atoms with Gasteiger partial charge in [-0.15, -0.1) is 0 Å². The maximum atomic E-state index is 11.4. The van der Waals surface area contributed by atoms with Crippen molar-refractivity contribution < 1.29 is 106 Å². The van der Waals surface area contributed by atoms with Gasteiger partial charge in [-0.25, -0.2) is 8.42 Å². The fourth-order valence-corrected chi connectivity index (χ4v) is 9.88. The smallest absolute Gasteiger partial charge is 0.748 e. The Morgan fingerprint density at radius 3 is 2.41 bits per heavy atom. The number of para-hydroxylation sites is 1. The normalized spacial score (nSPS) is 18.7. The second-order valence-corrected chi connectivity index (χ2v) is 18.5. The zero-order valence-electron chi connectivity index (χ0n) is 33.7. The van der Waals surface area contributed by atoms with Crippen molar-refractivity contribution in [3.05, 3.63) is 112 Å². The van der Waals surface area contributed by atoms with Gasteiger partial charge in [-0.1, -0.05) is 61.9 Å². The van der Waals surface area contributed by atoms with Gasteiger partial charge in [0.1, 0.15) is 6.54 Å². The Kier molecular flexibility index (Phi) is 18.7. The number of unbranched alkanes of at least 4 members (excludes halogenated alkanes) is 1. The first-order valence-corrected chi connectivity index (χ1v) is 22.1. The topological polar surface area (TPSA) is 146 Å². The van der Waals surface area contributed by atoms with Crippen molar-refractivity contribution in [1.82, 2.24) is 0 Å². The van der Waals surface area contributed by atoms with E-state index in [-0.39, 0.29) is 76.4 Å². The summed E-state index contributed by atoms with van der Waals surface area (Å²) in [5, 5.41) is 30.6. The molecule has 300 valence electrons. The van der Waals surface area contributed by atoms with Crippen LogP contribution in [-0.2, 0) is 39.7 Å². The van der Waals surface area contributed by atoms with E-state index in [9.17, 15) is 23.5 Å². The molecule has 11 nitrogen and oxygen atoms in total. The number of rotatable bonds is 17. The van der Waals surface area contributed by atoms with Gasteiger partial charge in [-0.2, -0.15) is 13.2 Å². The molecule has 3 aliphatic rings. The molecular formula is C41H45ClN2Na2O9S3. The average molecular weight is 887 g/mol.